The summed E-state index contributed by atoms with van der Waals surface area (Å²) in [5.74, 6) is 0. The maximum Gasteiger partial charge on any atom is 0.145 e. The minimum atomic E-state index is 0.475. The van der Waals surface area contributed by atoms with Crippen molar-refractivity contribution in [1.29, 1.82) is 10.5 Å². The van der Waals surface area contributed by atoms with E-state index in [0.29, 0.717) is 11.1 Å². The second-order valence-electron chi connectivity index (χ2n) is 15.7. The van der Waals surface area contributed by atoms with Crippen LogP contribution in [0, 0.1) is 22.7 Å². The zero-order valence-corrected chi connectivity index (χ0v) is 32.8. The summed E-state index contributed by atoms with van der Waals surface area (Å²) in [5, 5.41) is 29.6. The summed E-state index contributed by atoms with van der Waals surface area (Å²) >= 11 is 0. The van der Waals surface area contributed by atoms with Crippen LogP contribution in [0.4, 0.5) is 0 Å². The zero-order valence-electron chi connectivity index (χ0n) is 32.8. The van der Waals surface area contributed by atoms with E-state index in [-0.39, 0.29) is 0 Å². The van der Waals surface area contributed by atoms with Crippen LogP contribution in [0.25, 0.3) is 121 Å². The molecule has 8 aromatic carbocycles. The summed E-state index contributed by atoms with van der Waals surface area (Å²) in [5.41, 5.74) is 13.0. The minimum Gasteiger partial charge on any atom is -0.455 e. The number of rotatable bonds is 4. The van der Waals surface area contributed by atoms with E-state index in [9.17, 15) is 10.5 Å². The minimum absolute atomic E-state index is 0.475. The van der Waals surface area contributed by atoms with Gasteiger partial charge in [-0.1, -0.05) is 78.9 Å². The monoisotopic (exact) mass is 791 g/mol. The first-order valence-electron chi connectivity index (χ1n) is 20.4. The van der Waals surface area contributed by atoms with Gasteiger partial charge in [0, 0.05) is 67.0 Å². The average molecular weight is 792 g/mol. The number of hydrogen-bond donors (Lipinski definition) is 0. The molecule has 0 aliphatic rings. The van der Waals surface area contributed by atoms with Gasteiger partial charge in [-0.3, -0.25) is 4.98 Å². The Hall–Kier alpha value is -8.91. The molecule has 5 heterocycles. The number of aromatic nitrogens is 3. The Bertz CT molecular complexity index is 4130. The predicted molar refractivity (Wildman–Crippen MR) is 248 cm³/mol. The molecule has 0 unspecified atom stereocenters. The fourth-order valence-corrected chi connectivity index (χ4v) is 9.87. The van der Waals surface area contributed by atoms with Gasteiger partial charge in [-0.25, -0.2) is 0 Å². The predicted octanol–water partition coefficient (Wildman–Crippen LogP) is 14.2. The van der Waals surface area contributed by atoms with Crippen molar-refractivity contribution in [3.8, 4) is 45.8 Å². The molecule has 0 atom stereocenters. The molecule has 0 N–H and O–H groups in total. The molecular formula is C55H29N5O2. The van der Waals surface area contributed by atoms with Crippen LogP contribution in [0.15, 0.2) is 185 Å². The second-order valence-corrected chi connectivity index (χ2v) is 15.7. The zero-order chi connectivity index (χ0) is 41.1. The van der Waals surface area contributed by atoms with Gasteiger partial charge in [0.05, 0.1) is 67.5 Å². The van der Waals surface area contributed by atoms with Crippen molar-refractivity contribution in [2.45, 2.75) is 0 Å². The number of pyridine rings is 1. The Kier molecular flexibility index (Phi) is 7.02. The van der Waals surface area contributed by atoms with Gasteiger partial charge in [0.2, 0.25) is 0 Å². The Morgan fingerprint density at radius 1 is 0.435 bits per heavy atom. The van der Waals surface area contributed by atoms with Gasteiger partial charge < -0.3 is 18.0 Å². The van der Waals surface area contributed by atoms with Crippen molar-refractivity contribution in [2.24, 2.45) is 0 Å². The highest BCUT2D eigenvalue weighted by atomic mass is 16.3. The molecule has 0 aliphatic carbocycles. The van der Waals surface area contributed by atoms with Crippen LogP contribution in [0.2, 0.25) is 0 Å². The summed E-state index contributed by atoms with van der Waals surface area (Å²) in [7, 11) is 0. The summed E-state index contributed by atoms with van der Waals surface area (Å²) in [6.45, 7) is 0. The largest absolute Gasteiger partial charge is 0.455 e. The molecule has 13 rings (SSSR count). The molecule has 286 valence electrons. The molecule has 7 nitrogen and oxygen atoms in total. The molecule has 0 radical (unpaired) electrons. The average Bonchev–Trinajstić information content (AvgIpc) is 4.09. The Morgan fingerprint density at radius 2 is 0.984 bits per heavy atom. The van der Waals surface area contributed by atoms with Crippen LogP contribution >= 0.6 is 0 Å². The Labute approximate surface area is 352 Å². The number of nitriles is 2. The van der Waals surface area contributed by atoms with Crippen LogP contribution in [-0.4, -0.2) is 14.1 Å². The summed E-state index contributed by atoms with van der Waals surface area (Å²) in [6.07, 6.45) is 3.60. The molecule has 0 amide bonds. The summed E-state index contributed by atoms with van der Waals surface area (Å²) in [6, 6.07) is 60.3. The van der Waals surface area contributed by atoms with E-state index in [1.807, 2.05) is 85.1 Å². The lowest BCUT2D eigenvalue weighted by atomic mass is 9.91. The van der Waals surface area contributed by atoms with Crippen molar-refractivity contribution >= 4 is 87.5 Å². The summed E-state index contributed by atoms with van der Waals surface area (Å²) < 4.78 is 17.9. The fourth-order valence-electron chi connectivity index (χ4n) is 9.87. The van der Waals surface area contributed by atoms with E-state index in [1.54, 1.807) is 6.20 Å². The van der Waals surface area contributed by atoms with Gasteiger partial charge in [-0.2, -0.15) is 10.5 Å². The van der Waals surface area contributed by atoms with Crippen molar-refractivity contribution in [3.63, 3.8) is 0 Å². The number of nitrogens with zero attached hydrogens (tertiary/aromatic N) is 5. The molecule has 0 aliphatic heterocycles. The van der Waals surface area contributed by atoms with Gasteiger partial charge in [-0.05, 0) is 84.9 Å². The molecule has 62 heavy (non-hydrogen) atoms. The first-order chi connectivity index (χ1) is 30.7. The van der Waals surface area contributed by atoms with Gasteiger partial charge in [0.25, 0.3) is 0 Å². The molecule has 0 fully saturated rings. The van der Waals surface area contributed by atoms with E-state index >= 15 is 0 Å². The van der Waals surface area contributed by atoms with Crippen LogP contribution < -0.4 is 0 Å². The van der Waals surface area contributed by atoms with E-state index in [0.717, 1.165) is 121 Å². The highest BCUT2D eigenvalue weighted by molar-refractivity contribution is 6.25. The van der Waals surface area contributed by atoms with E-state index in [2.05, 4.69) is 111 Å². The van der Waals surface area contributed by atoms with Gasteiger partial charge in [-0.15, -0.1) is 0 Å². The van der Waals surface area contributed by atoms with E-state index in [1.165, 1.54) is 0 Å². The van der Waals surface area contributed by atoms with E-state index in [4.69, 9.17) is 8.83 Å². The SMILES string of the molecule is N#Cc1ccc(-n2c3ccccc3c3c4oc5ccccc5c4ccc32)c(-c2cc(C#N)cc(-c3cccnc3)c2-n2c3ccccc3c3c4oc5ccccc5c4ccc32)c1. The maximum atomic E-state index is 10.8. The molecule has 0 spiro atoms. The molecule has 7 heteroatoms. The van der Waals surface area contributed by atoms with Gasteiger partial charge in [0.1, 0.15) is 22.3 Å². The van der Waals surface area contributed by atoms with Crippen LogP contribution in [0.5, 0.6) is 0 Å². The highest BCUT2D eigenvalue weighted by Crippen LogP contribution is 2.48. The lowest BCUT2D eigenvalue weighted by molar-refractivity contribution is 0.672. The molecule has 5 aromatic heterocycles. The molecule has 0 bridgehead atoms. The number of para-hydroxylation sites is 4. The van der Waals surface area contributed by atoms with Crippen molar-refractivity contribution < 1.29 is 8.83 Å². The Morgan fingerprint density at radius 3 is 1.60 bits per heavy atom. The number of benzene rings is 8. The normalized spacial score (nSPS) is 11.8. The van der Waals surface area contributed by atoms with Gasteiger partial charge in [0.15, 0.2) is 0 Å². The third kappa shape index (κ3) is 4.65. The standard InChI is InChI=1S/C55H29N5O2/c56-29-32-19-22-46(59-44-15-5-1-13-39(44)51-47(59)23-20-37-35-11-3-7-17-49(35)61-54(37)51)42(26-32)43-28-33(30-57)27-41(34-10-9-25-58-31-34)53(43)60-45-16-6-2-14-40(45)52-48(60)24-21-38-36-12-4-8-18-50(36)62-55(38)52/h1-28,31H. The smallest absolute Gasteiger partial charge is 0.145 e. The summed E-state index contributed by atoms with van der Waals surface area (Å²) in [4.78, 5) is 4.56. The Balaban J connectivity index is 1.20. The topological polar surface area (TPSA) is 96.6 Å². The van der Waals surface area contributed by atoms with Crippen molar-refractivity contribution in [1.82, 2.24) is 14.1 Å². The molecule has 0 saturated heterocycles. The van der Waals surface area contributed by atoms with Crippen LogP contribution in [0.1, 0.15) is 11.1 Å². The molecule has 0 saturated carbocycles. The van der Waals surface area contributed by atoms with Crippen LogP contribution in [-0.2, 0) is 0 Å². The van der Waals surface area contributed by atoms with Gasteiger partial charge >= 0.3 is 0 Å². The first kappa shape index (κ1) is 34.0. The van der Waals surface area contributed by atoms with Crippen LogP contribution in [0.3, 0.4) is 0 Å². The second kappa shape index (κ2) is 12.8. The first-order valence-corrected chi connectivity index (χ1v) is 20.4. The highest BCUT2D eigenvalue weighted by Gasteiger charge is 2.27. The third-order valence-corrected chi connectivity index (χ3v) is 12.5. The number of hydrogen-bond acceptors (Lipinski definition) is 5. The number of fused-ring (bicyclic) bond motifs is 14. The molecular weight excluding hydrogens is 763 g/mol. The fraction of sp³-hybridized carbons (Fsp3) is 0. The van der Waals surface area contributed by atoms with E-state index < -0.39 is 0 Å². The third-order valence-electron chi connectivity index (χ3n) is 12.5. The maximum absolute atomic E-state index is 10.8. The quantitative estimate of drug-likeness (QED) is 0.177. The van der Waals surface area contributed by atoms with Crippen molar-refractivity contribution in [3.05, 3.63) is 187 Å². The number of furan rings is 2. The lowest BCUT2D eigenvalue weighted by Gasteiger charge is -2.22. The van der Waals surface area contributed by atoms with Crippen molar-refractivity contribution in [2.75, 3.05) is 0 Å². The lowest BCUT2D eigenvalue weighted by Crippen LogP contribution is -2.05. The molecule has 13 aromatic rings.